The molecule has 0 saturated heterocycles. The van der Waals surface area contributed by atoms with E-state index in [-0.39, 0.29) is 0 Å². The molecular weight excluding hydrogens is 187 g/mol. The second kappa shape index (κ2) is 3.51. The van der Waals surface area contributed by atoms with Crippen molar-refractivity contribution in [3.63, 3.8) is 0 Å². The molecule has 0 spiro atoms. The maximum atomic E-state index is 5.79. The average Bonchev–Trinajstić information content (AvgIpc) is 1.94. The Morgan fingerprint density at radius 3 is 2.70 bits per heavy atom. The van der Waals surface area contributed by atoms with E-state index in [1.54, 1.807) is 23.9 Å². The van der Waals surface area contributed by atoms with Gasteiger partial charge in [-0.3, -0.25) is 0 Å². The van der Waals surface area contributed by atoms with E-state index in [1.807, 2.05) is 6.26 Å². The van der Waals surface area contributed by atoms with E-state index in [0.717, 1.165) is 4.90 Å². The Morgan fingerprint density at radius 2 is 2.20 bits per heavy atom. The van der Waals surface area contributed by atoms with Gasteiger partial charge in [-0.25, -0.2) is 0 Å². The molecule has 0 amide bonds. The molecular formula is C7H5Cl2S. The zero-order chi connectivity index (χ0) is 7.56. The summed E-state index contributed by atoms with van der Waals surface area (Å²) in [6.07, 6.45) is 1.96. The van der Waals surface area contributed by atoms with Crippen molar-refractivity contribution < 1.29 is 0 Å². The normalized spacial score (nSPS) is 9.90. The van der Waals surface area contributed by atoms with Crippen molar-refractivity contribution in [2.75, 3.05) is 6.26 Å². The van der Waals surface area contributed by atoms with Crippen LogP contribution >= 0.6 is 35.0 Å². The van der Waals surface area contributed by atoms with Crippen LogP contribution in [0.2, 0.25) is 10.0 Å². The van der Waals surface area contributed by atoms with Crippen LogP contribution in [0.1, 0.15) is 0 Å². The van der Waals surface area contributed by atoms with Crippen molar-refractivity contribution in [1.29, 1.82) is 0 Å². The molecule has 3 heteroatoms. The Labute approximate surface area is 74.5 Å². The van der Waals surface area contributed by atoms with Crippen molar-refractivity contribution >= 4 is 35.0 Å². The fraction of sp³-hybridized carbons (Fsp3) is 0.143. The number of thioether (sulfide) groups is 1. The van der Waals surface area contributed by atoms with Crippen molar-refractivity contribution in [3.05, 3.63) is 28.2 Å². The fourth-order valence-corrected chi connectivity index (χ4v) is 1.64. The summed E-state index contributed by atoms with van der Waals surface area (Å²) >= 11 is 13.0. The zero-order valence-electron chi connectivity index (χ0n) is 5.32. The highest BCUT2D eigenvalue weighted by Crippen LogP contribution is 2.27. The van der Waals surface area contributed by atoms with Gasteiger partial charge in [0.05, 0.1) is 5.02 Å². The molecule has 0 atom stereocenters. The standard InChI is InChI=1S/C7H5Cl2S/c1-10-7-4-5(8)2-3-6(7)9/h3-4H,1H3. The quantitative estimate of drug-likeness (QED) is 0.613. The Morgan fingerprint density at radius 1 is 1.50 bits per heavy atom. The van der Waals surface area contributed by atoms with Crippen LogP contribution in [0.25, 0.3) is 0 Å². The molecule has 10 heavy (non-hydrogen) atoms. The third kappa shape index (κ3) is 1.82. The van der Waals surface area contributed by atoms with Gasteiger partial charge in [-0.1, -0.05) is 23.2 Å². The van der Waals surface area contributed by atoms with Crippen molar-refractivity contribution in [2.24, 2.45) is 0 Å². The molecule has 1 radical (unpaired) electrons. The van der Waals surface area contributed by atoms with E-state index in [1.165, 1.54) is 0 Å². The molecule has 0 unspecified atom stereocenters. The summed E-state index contributed by atoms with van der Waals surface area (Å²) in [6.45, 7) is 0. The lowest BCUT2D eigenvalue weighted by Gasteiger charge is -1.98. The van der Waals surface area contributed by atoms with Gasteiger partial charge in [0.1, 0.15) is 0 Å². The minimum Gasteiger partial charge on any atom is -0.128 e. The smallest absolute Gasteiger partial charge is 0.0548 e. The van der Waals surface area contributed by atoms with Gasteiger partial charge in [-0.15, -0.1) is 11.8 Å². The highest BCUT2D eigenvalue weighted by molar-refractivity contribution is 7.98. The Balaban J connectivity index is 3.09. The first kappa shape index (κ1) is 8.25. The summed E-state index contributed by atoms with van der Waals surface area (Å²) in [5, 5.41) is 1.31. The highest BCUT2D eigenvalue weighted by atomic mass is 35.5. The molecule has 1 aromatic rings. The van der Waals surface area contributed by atoms with E-state index < -0.39 is 0 Å². The van der Waals surface area contributed by atoms with Crippen molar-refractivity contribution in [2.45, 2.75) is 4.90 Å². The van der Waals surface area contributed by atoms with Crippen LogP contribution in [0.3, 0.4) is 0 Å². The minimum atomic E-state index is 0.605. The van der Waals surface area contributed by atoms with Crippen molar-refractivity contribution in [3.8, 4) is 0 Å². The van der Waals surface area contributed by atoms with Crippen LogP contribution in [0.4, 0.5) is 0 Å². The average molecular weight is 192 g/mol. The third-order valence-corrected chi connectivity index (χ3v) is 2.47. The summed E-state index contributed by atoms with van der Waals surface area (Å²) in [5.41, 5.74) is 0. The third-order valence-electron chi connectivity index (χ3n) is 1.05. The lowest BCUT2D eigenvalue weighted by Crippen LogP contribution is -1.72. The van der Waals surface area contributed by atoms with Gasteiger partial charge < -0.3 is 0 Å². The maximum absolute atomic E-state index is 5.79. The van der Waals surface area contributed by atoms with E-state index >= 15 is 0 Å². The van der Waals surface area contributed by atoms with Gasteiger partial charge in [0.2, 0.25) is 0 Å². The molecule has 0 saturated carbocycles. The molecule has 0 nitrogen and oxygen atoms in total. The number of rotatable bonds is 1. The summed E-state index contributed by atoms with van der Waals surface area (Å²) in [5.74, 6) is 0. The summed E-state index contributed by atoms with van der Waals surface area (Å²) in [7, 11) is 0. The lowest BCUT2D eigenvalue weighted by molar-refractivity contribution is 1.46. The first-order valence-electron chi connectivity index (χ1n) is 2.65. The Hall–Kier alpha value is 0.150. The van der Waals surface area contributed by atoms with Gasteiger partial charge in [-0.05, 0) is 18.4 Å². The molecule has 0 aliphatic rings. The lowest BCUT2D eigenvalue weighted by atomic mass is 10.4. The molecule has 0 aliphatic carbocycles. The van der Waals surface area contributed by atoms with Crippen LogP contribution < -0.4 is 0 Å². The number of halogens is 2. The van der Waals surface area contributed by atoms with Gasteiger partial charge >= 0.3 is 0 Å². The van der Waals surface area contributed by atoms with Crippen LogP contribution in [0.5, 0.6) is 0 Å². The molecule has 0 bridgehead atoms. The largest absolute Gasteiger partial charge is 0.128 e. The van der Waals surface area contributed by atoms with Gasteiger partial charge in [0.15, 0.2) is 0 Å². The molecule has 1 aromatic carbocycles. The highest BCUT2D eigenvalue weighted by Gasteiger charge is 1.97. The number of hydrogen-bond acceptors (Lipinski definition) is 1. The van der Waals surface area contributed by atoms with E-state index in [9.17, 15) is 0 Å². The molecule has 0 fully saturated rings. The number of hydrogen-bond donors (Lipinski definition) is 0. The van der Waals surface area contributed by atoms with Crippen LogP contribution in [-0.4, -0.2) is 6.26 Å². The maximum Gasteiger partial charge on any atom is 0.0548 e. The zero-order valence-corrected chi connectivity index (χ0v) is 7.65. The second-order valence-corrected chi connectivity index (χ2v) is 3.36. The van der Waals surface area contributed by atoms with Crippen LogP contribution in [-0.2, 0) is 0 Å². The molecule has 0 N–H and O–H groups in total. The molecule has 1 rings (SSSR count). The summed E-state index contributed by atoms with van der Waals surface area (Å²) in [6, 6.07) is 6.27. The molecule has 53 valence electrons. The van der Waals surface area contributed by atoms with Crippen molar-refractivity contribution in [1.82, 2.24) is 0 Å². The predicted octanol–water partition coefficient (Wildman–Crippen LogP) is 3.52. The van der Waals surface area contributed by atoms with E-state index in [2.05, 4.69) is 6.07 Å². The predicted molar refractivity (Wildman–Crippen MR) is 47.1 cm³/mol. The van der Waals surface area contributed by atoms with Gasteiger partial charge in [0.25, 0.3) is 0 Å². The van der Waals surface area contributed by atoms with E-state index in [0.29, 0.717) is 10.0 Å². The van der Waals surface area contributed by atoms with Crippen LogP contribution in [0.15, 0.2) is 17.0 Å². The first-order valence-corrected chi connectivity index (χ1v) is 4.63. The fourth-order valence-electron chi connectivity index (χ4n) is 0.586. The second-order valence-electron chi connectivity index (χ2n) is 1.70. The summed E-state index contributed by atoms with van der Waals surface area (Å²) < 4.78 is 0. The number of benzene rings is 1. The van der Waals surface area contributed by atoms with E-state index in [4.69, 9.17) is 23.2 Å². The first-order chi connectivity index (χ1) is 4.74. The Bertz CT molecular complexity index is 235. The summed E-state index contributed by atoms with van der Waals surface area (Å²) in [4.78, 5) is 0.991. The van der Waals surface area contributed by atoms with Gasteiger partial charge in [-0.2, -0.15) is 0 Å². The van der Waals surface area contributed by atoms with Gasteiger partial charge in [0, 0.05) is 16.0 Å². The van der Waals surface area contributed by atoms with Crippen LogP contribution in [0, 0.1) is 6.07 Å². The Kier molecular flexibility index (Phi) is 2.90. The molecule has 0 aromatic heterocycles. The molecule has 0 heterocycles. The topological polar surface area (TPSA) is 0 Å². The molecule has 0 aliphatic heterocycles. The monoisotopic (exact) mass is 191 g/mol. The SMILES string of the molecule is CSc1cc(Cl)[c]cc1Cl. The minimum absolute atomic E-state index is 0.605.